The Labute approximate surface area is 196 Å². The Morgan fingerprint density at radius 3 is 2.47 bits per heavy atom. The van der Waals surface area contributed by atoms with E-state index in [0.717, 1.165) is 0 Å². The smallest absolute Gasteiger partial charge is 0.312 e. The number of hydrogen-bond acceptors (Lipinski definition) is 6. The van der Waals surface area contributed by atoms with Gasteiger partial charge >= 0.3 is 11.8 Å². The van der Waals surface area contributed by atoms with Gasteiger partial charge in [-0.3, -0.25) is 23.7 Å². The molecule has 0 fully saturated rings. The van der Waals surface area contributed by atoms with E-state index in [2.05, 4.69) is 10.3 Å². The van der Waals surface area contributed by atoms with Crippen LogP contribution in [0.25, 0.3) is 0 Å². The average molecular weight is 474 g/mol. The number of rotatable bonds is 5. The topological polar surface area (TPSA) is 125 Å². The summed E-state index contributed by atoms with van der Waals surface area (Å²) in [5.41, 5.74) is -0.637. The third-order valence-corrected chi connectivity index (χ3v) is 5.73. The van der Waals surface area contributed by atoms with Gasteiger partial charge in [-0.15, -0.1) is 0 Å². The molecular formula is C23H28FN5O5. The van der Waals surface area contributed by atoms with Crippen molar-refractivity contribution in [2.45, 2.75) is 45.3 Å². The Morgan fingerprint density at radius 1 is 1.18 bits per heavy atom. The molecule has 0 spiro atoms. The number of fused-ring (bicyclic) bond motifs is 1. The van der Waals surface area contributed by atoms with Crippen molar-refractivity contribution in [2.24, 2.45) is 0 Å². The van der Waals surface area contributed by atoms with Gasteiger partial charge in [0.15, 0.2) is 5.69 Å². The molecule has 11 heteroatoms. The Kier molecular flexibility index (Phi) is 7.64. The second kappa shape index (κ2) is 10.4. The van der Waals surface area contributed by atoms with Gasteiger partial charge in [-0.1, -0.05) is 12.1 Å². The fraction of sp³-hybridized carbons (Fsp3) is 0.435. The number of nitrogens with zero attached hydrogens (tertiary/aromatic N) is 4. The maximum absolute atomic E-state index is 13.1. The molecule has 2 aromatic rings. The van der Waals surface area contributed by atoms with E-state index in [9.17, 15) is 28.7 Å². The monoisotopic (exact) mass is 473 g/mol. The molecular weight excluding hydrogens is 445 g/mol. The molecule has 0 unspecified atom stereocenters. The second-order valence-corrected chi connectivity index (χ2v) is 8.24. The predicted molar refractivity (Wildman–Crippen MR) is 120 cm³/mol. The zero-order chi connectivity index (χ0) is 25.0. The highest BCUT2D eigenvalue weighted by molar-refractivity contribution is 6.34. The highest BCUT2D eigenvalue weighted by atomic mass is 19.1. The van der Waals surface area contributed by atoms with Crippen LogP contribution in [0, 0.1) is 5.82 Å². The molecule has 0 saturated carbocycles. The van der Waals surface area contributed by atoms with E-state index in [4.69, 9.17) is 0 Å². The number of aromatic nitrogens is 2. The molecule has 1 aromatic heterocycles. The summed E-state index contributed by atoms with van der Waals surface area (Å²) < 4.78 is 14.4. The van der Waals surface area contributed by atoms with E-state index in [0.29, 0.717) is 24.8 Å². The summed E-state index contributed by atoms with van der Waals surface area (Å²) in [7, 11) is 2.94. The minimum atomic E-state index is -0.792. The minimum absolute atomic E-state index is 0.0268. The van der Waals surface area contributed by atoms with E-state index >= 15 is 0 Å². The number of nitrogens with one attached hydrogen (secondary N) is 1. The number of halogens is 1. The van der Waals surface area contributed by atoms with Gasteiger partial charge in [0.1, 0.15) is 11.6 Å². The van der Waals surface area contributed by atoms with Crippen LogP contribution in [0.1, 0.15) is 54.1 Å². The quantitative estimate of drug-likeness (QED) is 0.629. The summed E-state index contributed by atoms with van der Waals surface area (Å²) in [6.45, 7) is 2.19. The number of benzene rings is 1. The molecule has 1 atom stereocenters. The van der Waals surface area contributed by atoms with Gasteiger partial charge in [0.2, 0.25) is 5.75 Å². The number of hydrogen-bond donors (Lipinski definition) is 2. The average Bonchev–Trinajstić information content (AvgIpc) is 3.03. The molecule has 0 aliphatic carbocycles. The van der Waals surface area contributed by atoms with Crippen molar-refractivity contribution in [1.82, 2.24) is 24.7 Å². The van der Waals surface area contributed by atoms with Crippen LogP contribution in [0.4, 0.5) is 4.39 Å². The first-order valence-electron chi connectivity index (χ1n) is 11.0. The summed E-state index contributed by atoms with van der Waals surface area (Å²) in [5.74, 6) is -3.30. The molecule has 3 amide bonds. The fourth-order valence-corrected chi connectivity index (χ4v) is 3.91. The van der Waals surface area contributed by atoms with Crippen molar-refractivity contribution in [1.29, 1.82) is 0 Å². The maximum atomic E-state index is 13.1. The van der Waals surface area contributed by atoms with Gasteiger partial charge < -0.3 is 20.2 Å². The normalized spacial score (nSPS) is 15.1. The van der Waals surface area contributed by atoms with Crippen LogP contribution < -0.4 is 10.9 Å². The van der Waals surface area contributed by atoms with Gasteiger partial charge in [-0.25, -0.2) is 9.37 Å². The molecule has 1 aliphatic rings. The van der Waals surface area contributed by atoms with Crippen LogP contribution in [0.3, 0.4) is 0 Å². The molecule has 34 heavy (non-hydrogen) atoms. The highest BCUT2D eigenvalue weighted by Gasteiger charge is 2.35. The Balaban J connectivity index is 1.98. The maximum Gasteiger partial charge on any atom is 0.312 e. The van der Waals surface area contributed by atoms with Gasteiger partial charge in [0, 0.05) is 33.7 Å². The first kappa shape index (κ1) is 24.9. The molecule has 1 aromatic carbocycles. The summed E-state index contributed by atoms with van der Waals surface area (Å²) in [6, 6.07) is 4.78. The van der Waals surface area contributed by atoms with Crippen molar-refractivity contribution in [3.8, 4) is 5.75 Å². The minimum Gasteiger partial charge on any atom is -0.501 e. The van der Waals surface area contributed by atoms with E-state index < -0.39 is 46.6 Å². The Bertz CT molecular complexity index is 1150. The summed E-state index contributed by atoms with van der Waals surface area (Å²) in [5, 5.41) is 13.0. The zero-order valence-corrected chi connectivity index (χ0v) is 19.4. The van der Waals surface area contributed by atoms with Gasteiger partial charge in [-0.05, 0) is 43.9 Å². The first-order chi connectivity index (χ1) is 16.1. The zero-order valence-electron chi connectivity index (χ0n) is 19.4. The largest absolute Gasteiger partial charge is 0.501 e. The molecule has 0 radical (unpaired) electrons. The SMILES string of the molecule is CCN(C(=O)C(=O)N(C)C)[C@@H]1CCCCn2c1nc(C(=O)NCc1ccc(F)cc1)c(O)c2=O. The lowest BCUT2D eigenvalue weighted by Gasteiger charge is -2.31. The standard InChI is InChI=1S/C23H28FN5O5/c1-4-28(23(34)22(33)27(2)3)16-7-5-6-12-29-19(16)26-17(18(30)21(29)32)20(31)25-13-14-8-10-15(24)11-9-14/h8-11,16,30H,4-7,12-13H2,1-3H3,(H,25,31)/t16-/m1/s1. The molecule has 1 aliphatic heterocycles. The van der Waals surface area contributed by atoms with Crippen molar-refractivity contribution >= 4 is 17.7 Å². The molecule has 0 bridgehead atoms. The third kappa shape index (κ3) is 5.08. The Morgan fingerprint density at radius 2 is 1.85 bits per heavy atom. The highest BCUT2D eigenvalue weighted by Crippen LogP contribution is 2.29. The van der Waals surface area contributed by atoms with Crippen LogP contribution in [-0.2, 0) is 22.7 Å². The molecule has 2 N–H and O–H groups in total. The molecule has 0 saturated heterocycles. The number of carbonyl (C=O) groups excluding carboxylic acids is 3. The van der Waals surface area contributed by atoms with Gasteiger partial charge in [0.25, 0.3) is 11.5 Å². The lowest BCUT2D eigenvalue weighted by molar-refractivity contribution is -0.152. The lowest BCUT2D eigenvalue weighted by Crippen LogP contribution is -2.45. The Hall–Kier alpha value is -3.76. The van der Waals surface area contributed by atoms with Crippen molar-refractivity contribution < 1.29 is 23.9 Å². The van der Waals surface area contributed by atoms with Crippen LogP contribution in [0.2, 0.25) is 0 Å². The molecule has 182 valence electrons. The van der Waals surface area contributed by atoms with Crippen LogP contribution in [0.15, 0.2) is 29.1 Å². The first-order valence-corrected chi connectivity index (χ1v) is 11.0. The summed E-state index contributed by atoms with van der Waals surface area (Å²) in [6.07, 6.45) is 1.70. The van der Waals surface area contributed by atoms with Gasteiger partial charge in [0.05, 0.1) is 6.04 Å². The number of amides is 3. The molecule has 2 heterocycles. The summed E-state index contributed by atoms with van der Waals surface area (Å²) >= 11 is 0. The van der Waals surface area contributed by atoms with E-state index in [-0.39, 0.29) is 25.5 Å². The van der Waals surface area contributed by atoms with Crippen LogP contribution in [0.5, 0.6) is 5.75 Å². The van der Waals surface area contributed by atoms with Crippen molar-refractivity contribution in [3.63, 3.8) is 0 Å². The van der Waals surface area contributed by atoms with E-state index in [1.165, 1.54) is 52.7 Å². The molecule has 10 nitrogen and oxygen atoms in total. The van der Waals surface area contributed by atoms with E-state index in [1.807, 2.05) is 0 Å². The van der Waals surface area contributed by atoms with Crippen LogP contribution >= 0.6 is 0 Å². The second-order valence-electron chi connectivity index (χ2n) is 8.24. The fourth-order valence-electron chi connectivity index (χ4n) is 3.91. The predicted octanol–water partition coefficient (Wildman–Crippen LogP) is 1.18. The lowest BCUT2D eigenvalue weighted by atomic mass is 10.1. The molecule has 3 rings (SSSR count). The van der Waals surface area contributed by atoms with Crippen molar-refractivity contribution in [2.75, 3.05) is 20.6 Å². The number of aromatic hydroxyl groups is 1. The van der Waals surface area contributed by atoms with Crippen LogP contribution in [-0.4, -0.2) is 62.8 Å². The number of carbonyl (C=O) groups is 3. The van der Waals surface area contributed by atoms with Gasteiger partial charge in [-0.2, -0.15) is 0 Å². The summed E-state index contributed by atoms with van der Waals surface area (Å²) in [4.78, 5) is 57.8. The van der Waals surface area contributed by atoms with E-state index in [1.54, 1.807) is 6.92 Å². The van der Waals surface area contributed by atoms with Crippen molar-refractivity contribution in [3.05, 3.63) is 57.5 Å². The number of likely N-dealkylation sites (N-methyl/N-ethyl adjacent to an activating group) is 2. The third-order valence-electron chi connectivity index (χ3n) is 5.73.